The second-order valence-electron chi connectivity index (χ2n) is 6.78. The highest BCUT2D eigenvalue weighted by Crippen LogP contribution is 2.33. The summed E-state index contributed by atoms with van der Waals surface area (Å²) < 4.78 is 1.21. The second kappa shape index (κ2) is 6.66. The number of para-hydroxylation sites is 1. The third kappa shape index (κ3) is 2.94. The van der Waals surface area contributed by atoms with Gasteiger partial charge in [-0.05, 0) is 49.4 Å². The molecule has 0 fully saturated rings. The minimum absolute atomic E-state index is 0.0332. The molecule has 27 heavy (non-hydrogen) atoms. The Hall–Kier alpha value is -2.93. The summed E-state index contributed by atoms with van der Waals surface area (Å²) in [7, 11) is 0. The lowest BCUT2D eigenvalue weighted by Crippen LogP contribution is -2.43. The number of thiophene rings is 1. The quantitative estimate of drug-likeness (QED) is 0.757. The van der Waals surface area contributed by atoms with E-state index >= 15 is 0 Å². The number of hydrogen-bond donors (Lipinski definition) is 1. The van der Waals surface area contributed by atoms with Crippen LogP contribution in [0.3, 0.4) is 0 Å². The van der Waals surface area contributed by atoms with Crippen LogP contribution in [0.2, 0.25) is 0 Å². The second-order valence-corrected chi connectivity index (χ2v) is 7.73. The summed E-state index contributed by atoms with van der Waals surface area (Å²) >= 11 is 1.51. The summed E-state index contributed by atoms with van der Waals surface area (Å²) in [6.45, 7) is 3.71. The van der Waals surface area contributed by atoms with Gasteiger partial charge in [0.2, 0.25) is 0 Å². The number of anilines is 2. The van der Waals surface area contributed by atoms with E-state index in [0.717, 1.165) is 22.5 Å². The number of benzene rings is 1. The van der Waals surface area contributed by atoms with E-state index < -0.39 is 11.6 Å². The van der Waals surface area contributed by atoms with Gasteiger partial charge in [0.1, 0.15) is 17.4 Å². The molecule has 2 atom stereocenters. The third-order valence-corrected chi connectivity index (χ3v) is 5.80. The van der Waals surface area contributed by atoms with Crippen LogP contribution in [0.1, 0.15) is 25.5 Å². The standard InChI is InChI=1S/C20H20N4O2S/c1-12-10-14-6-3-4-7-17(14)23(12)19(25)13(2)24-20(26)15(21)11-16(22-24)18-8-5-9-27-18/h3-9,11-13H,10,21H2,1-2H3/t12-,13-/m0/s1. The van der Waals surface area contributed by atoms with Crippen molar-refractivity contribution in [2.24, 2.45) is 0 Å². The van der Waals surface area contributed by atoms with E-state index in [2.05, 4.69) is 5.10 Å². The first-order valence-electron chi connectivity index (χ1n) is 8.81. The molecular formula is C20H20N4O2S. The fraction of sp³-hybridized carbons (Fsp3) is 0.250. The van der Waals surface area contributed by atoms with Gasteiger partial charge in [0.05, 0.1) is 4.88 Å². The molecule has 1 amide bonds. The van der Waals surface area contributed by atoms with Crippen LogP contribution < -0.4 is 16.2 Å². The van der Waals surface area contributed by atoms with E-state index in [4.69, 9.17) is 5.73 Å². The normalized spacial score (nSPS) is 17.0. The zero-order valence-corrected chi connectivity index (χ0v) is 15.9. The van der Waals surface area contributed by atoms with Crippen LogP contribution in [0.4, 0.5) is 11.4 Å². The molecule has 0 radical (unpaired) electrons. The molecule has 4 rings (SSSR count). The molecule has 3 aromatic rings. The summed E-state index contributed by atoms with van der Waals surface area (Å²) in [5.74, 6) is -0.162. The Balaban J connectivity index is 1.74. The van der Waals surface area contributed by atoms with Crippen molar-refractivity contribution in [3.8, 4) is 10.6 Å². The number of fused-ring (bicyclic) bond motifs is 1. The first kappa shape index (κ1) is 17.5. The van der Waals surface area contributed by atoms with Crippen molar-refractivity contribution < 1.29 is 4.79 Å². The molecule has 138 valence electrons. The maximum atomic E-state index is 13.3. The van der Waals surface area contributed by atoms with Crippen molar-refractivity contribution in [3.05, 3.63) is 63.8 Å². The zero-order chi connectivity index (χ0) is 19.1. The highest BCUT2D eigenvalue weighted by Gasteiger charge is 2.34. The van der Waals surface area contributed by atoms with Gasteiger partial charge in [0.25, 0.3) is 11.5 Å². The van der Waals surface area contributed by atoms with E-state index in [1.807, 2.05) is 48.7 Å². The van der Waals surface area contributed by atoms with Crippen LogP contribution in [0.25, 0.3) is 10.6 Å². The Kier molecular flexibility index (Phi) is 4.31. The number of rotatable bonds is 3. The number of carbonyl (C=O) groups is 1. The predicted molar refractivity (Wildman–Crippen MR) is 108 cm³/mol. The largest absolute Gasteiger partial charge is 0.394 e. The van der Waals surface area contributed by atoms with Crippen molar-refractivity contribution in [2.45, 2.75) is 32.4 Å². The van der Waals surface area contributed by atoms with E-state index in [0.29, 0.717) is 5.69 Å². The summed E-state index contributed by atoms with van der Waals surface area (Å²) in [6, 6.07) is 12.5. The number of nitrogens with two attached hydrogens (primary N) is 1. The van der Waals surface area contributed by atoms with Gasteiger partial charge >= 0.3 is 0 Å². The monoisotopic (exact) mass is 380 g/mol. The number of nitrogens with zero attached hydrogens (tertiary/aromatic N) is 3. The molecule has 0 bridgehead atoms. The van der Waals surface area contributed by atoms with Crippen molar-refractivity contribution >= 4 is 28.6 Å². The highest BCUT2D eigenvalue weighted by atomic mass is 32.1. The number of nitrogen functional groups attached to an aromatic ring is 1. The fourth-order valence-corrected chi connectivity index (χ4v) is 4.23. The number of aromatic nitrogens is 2. The molecular weight excluding hydrogens is 360 g/mol. The van der Waals surface area contributed by atoms with Gasteiger partial charge in [-0.1, -0.05) is 24.3 Å². The molecule has 0 spiro atoms. The van der Waals surface area contributed by atoms with Crippen LogP contribution in [-0.2, 0) is 11.2 Å². The van der Waals surface area contributed by atoms with Gasteiger partial charge in [-0.15, -0.1) is 11.3 Å². The topological polar surface area (TPSA) is 81.2 Å². The van der Waals surface area contributed by atoms with Crippen molar-refractivity contribution in [1.29, 1.82) is 0 Å². The van der Waals surface area contributed by atoms with Gasteiger partial charge in [-0.25, -0.2) is 4.68 Å². The smallest absolute Gasteiger partial charge is 0.290 e. The average Bonchev–Trinajstić information content (AvgIpc) is 3.29. The van der Waals surface area contributed by atoms with Gasteiger partial charge < -0.3 is 10.6 Å². The number of hydrogen-bond acceptors (Lipinski definition) is 5. The molecule has 3 heterocycles. The van der Waals surface area contributed by atoms with Crippen LogP contribution in [0.5, 0.6) is 0 Å². The molecule has 7 heteroatoms. The van der Waals surface area contributed by atoms with E-state index in [-0.39, 0.29) is 17.6 Å². The number of carbonyl (C=O) groups excluding carboxylic acids is 1. The average molecular weight is 380 g/mol. The SMILES string of the molecule is C[C@H]1Cc2ccccc2N1C(=O)[C@H](C)n1nc(-c2cccs2)cc(N)c1=O. The van der Waals surface area contributed by atoms with E-state index in [9.17, 15) is 9.59 Å². The lowest BCUT2D eigenvalue weighted by atomic mass is 10.1. The molecule has 1 aliphatic rings. The van der Waals surface area contributed by atoms with E-state index in [1.165, 1.54) is 16.0 Å². The first-order chi connectivity index (χ1) is 13.0. The highest BCUT2D eigenvalue weighted by molar-refractivity contribution is 7.13. The first-order valence-corrected chi connectivity index (χ1v) is 9.69. The summed E-state index contributed by atoms with van der Waals surface area (Å²) in [5.41, 5.74) is 8.20. The van der Waals surface area contributed by atoms with Crippen molar-refractivity contribution in [1.82, 2.24) is 9.78 Å². The van der Waals surface area contributed by atoms with Crippen molar-refractivity contribution in [2.75, 3.05) is 10.6 Å². The maximum absolute atomic E-state index is 13.3. The van der Waals surface area contributed by atoms with Crippen molar-refractivity contribution in [3.63, 3.8) is 0 Å². The van der Waals surface area contributed by atoms with Gasteiger partial charge in [0.15, 0.2) is 0 Å². The minimum atomic E-state index is -0.756. The molecule has 0 unspecified atom stereocenters. The van der Waals surface area contributed by atoms with Crippen LogP contribution >= 0.6 is 11.3 Å². The summed E-state index contributed by atoms with van der Waals surface area (Å²) in [6.07, 6.45) is 0.800. The van der Waals surface area contributed by atoms with Crippen LogP contribution in [0.15, 0.2) is 52.6 Å². The maximum Gasteiger partial charge on any atom is 0.290 e. The van der Waals surface area contributed by atoms with Gasteiger partial charge in [-0.2, -0.15) is 5.10 Å². The Bertz CT molecular complexity index is 1060. The summed E-state index contributed by atoms with van der Waals surface area (Å²) in [5, 5.41) is 6.37. The lowest BCUT2D eigenvalue weighted by Gasteiger charge is -2.26. The Morgan fingerprint density at radius 2 is 2.07 bits per heavy atom. The Morgan fingerprint density at radius 1 is 1.30 bits per heavy atom. The lowest BCUT2D eigenvalue weighted by molar-refractivity contribution is -0.121. The molecule has 1 aliphatic heterocycles. The van der Waals surface area contributed by atoms with Crippen LogP contribution in [-0.4, -0.2) is 21.7 Å². The van der Waals surface area contributed by atoms with Gasteiger partial charge in [-0.3, -0.25) is 9.59 Å². The molecule has 0 saturated heterocycles. The Morgan fingerprint density at radius 3 is 2.81 bits per heavy atom. The van der Waals surface area contributed by atoms with Gasteiger partial charge in [0, 0.05) is 11.7 Å². The molecule has 0 aliphatic carbocycles. The number of amides is 1. The predicted octanol–water partition coefficient (Wildman–Crippen LogP) is 3.09. The minimum Gasteiger partial charge on any atom is -0.394 e. The Labute approximate surface area is 160 Å². The zero-order valence-electron chi connectivity index (χ0n) is 15.1. The fourth-order valence-electron chi connectivity index (χ4n) is 3.55. The molecule has 0 saturated carbocycles. The third-order valence-electron chi connectivity index (χ3n) is 4.91. The molecule has 6 nitrogen and oxygen atoms in total. The van der Waals surface area contributed by atoms with E-state index in [1.54, 1.807) is 17.9 Å². The molecule has 1 aromatic carbocycles. The molecule has 2 aromatic heterocycles. The summed E-state index contributed by atoms with van der Waals surface area (Å²) in [4.78, 5) is 28.5. The van der Waals surface area contributed by atoms with Crippen LogP contribution in [0, 0.1) is 0 Å². The molecule has 2 N–H and O–H groups in total.